The first-order valence-electron chi connectivity index (χ1n) is 11.1. The van der Waals surface area contributed by atoms with E-state index >= 15 is 0 Å². The van der Waals surface area contributed by atoms with Crippen LogP contribution in [0.25, 0.3) is 10.9 Å². The number of aryl methyl sites for hydroxylation is 1. The second-order valence-electron chi connectivity index (χ2n) is 9.32. The van der Waals surface area contributed by atoms with E-state index in [4.69, 9.17) is 14.5 Å². The number of aliphatic imine (C=N–C) groups is 1. The Bertz CT molecular complexity index is 1400. The van der Waals surface area contributed by atoms with Gasteiger partial charge in [0.1, 0.15) is 5.75 Å². The highest BCUT2D eigenvalue weighted by molar-refractivity contribution is 8.14. The maximum atomic E-state index is 13.4. The summed E-state index contributed by atoms with van der Waals surface area (Å²) in [5.41, 5.74) is 1.30. The summed E-state index contributed by atoms with van der Waals surface area (Å²) in [6.45, 7) is 6.68. The molecule has 2 atom stereocenters. The summed E-state index contributed by atoms with van der Waals surface area (Å²) in [5.74, 6) is 1.32. The van der Waals surface area contributed by atoms with Gasteiger partial charge in [-0.15, -0.1) is 0 Å². The van der Waals surface area contributed by atoms with Crippen molar-refractivity contribution in [2.24, 2.45) is 12.0 Å². The highest BCUT2D eigenvalue weighted by Crippen LogP contribution is 2.45. The highest BCUT2D eigenvalue weighted by Gasteiger charge is 2.36. The van der Waals surface area contributed by atoms with Gasteiger partial charge in [-0.25, -0.2) is 4.99 Å². The van der Waals surface area contributed by atoms with Crippen LogP contribution in [0.3, 0.4) is 0 Å². The molecule has 2 aliphatic rings. The van der Waals surface area contributed by atoms with Gasteiger partial charge in [0, 0.05) is 25.3 Å². The zero-order valence-corrected chi connectivity index (χ0v) is 20.3. The minimum atomic E-state index is -0.430. The van der Waals surface area contributed by atoms with E-state index < -0.39 is 5.25 Å². The lowest BCUT2D eigenvalue weighted by molar-refractivity contribution is -0.0705. The van der Waals surface area contributed by atoms with Crippen molar-refractivity contribution in [3.63, 3.8) is 0 Å². The molecule has 2 unspecified atom stereocenters. The molecular formula is C24H28N4O4S. The minimum absolute atomic E-state index is 0.0809. The smallest absolute Gasteiger partial charge is 0.271 e. The van der Waals surface area contributed by atoms with Crippen LogP contribution in [0.2, 0.25) is 0 Å². The molecule has 1 fully saturated rings. The Kier molecular flexibility index (Phi) is 5.29. The predicted octanol–water partition coefficient (Wildman–Crippen LogP) is 4.05. The molecule has 33 heavy (non-hydrogen) atoms. The molecule has 9 heteroatoms. The quantitative estimate of drug-likeness (QED) is 0.626. The molecule has 5 rings (SSSR count). The van der Waals surface area contributed by atoms with E-state index in [-0.39, 0.29) is 22.8 Å². The van der Waals surface area contributed by atoms with Gasteiger partial charge in [0.25, 0.3) is 11.1 Å². The zero-order valence-electron chi connectivity index (χ0n) is 19.5. The van der Waals surface area contributed by atoms with Crippen molar-refractivity contribution in [1.29, 1.82) is 0 Å². The number of hydrogen-bond donors (Lipinski definition) is 1. The molecule has 0 saturated carbocycles. The Balaban J connectivity index is 1.66. The third-order valence-electron chi connectivity index (χ3n) is 6.53. The molecule has 2 aliphatic heterocycles. The SMILES string of the molecule is COc1ccc2cc(C3SC(C)=Nc4c3c(=O)[nH]n4C3CCOC(C)(C)C3)c(=O)n(C)c2c1. The summed E-state index contributed by atoms with van der Waals surface area (Å²) in [5, 5.41) is 4.34. The topological polar surface area (TPSA) is 90.6 Å². The average molecular weight is 469 g/mol. The van der Waals surface area contributed by atoms with Crippen LogP contribution < -0.4 is 15.9 Å². The Labute approximate surface area is 195 Å². The standard InChI is InChI=1S/C24H28N4O4S/c1-13-25-21-19(22(29)26-28(21)15-8-9-32-24(2,3)12-15)20(33-13)17-10-14-6-7-16(31-5)11-18(14)27(4)23(17)30/h6-7,10-11,15,20H,8-9,12H2,1-5H3,(H,26,29). The van der Waals surface area contributed by atoms with Crippen LogP contribution in [-0.4, -0.2) is 38.7 Å². The summed E-state index contributed by atoms with van der Waals surface area (Å²) in [7, 11) is 3.36. The Hall–Kier alpha value is -2.78. The van der Waals surface area contributed by atoms with Gasteiger partial charge in [-0.1, -0.05) is 11.8 Å². The van der Waals surface area contributed by atoms with Gasteiger partial charge in [0.05, 0.1) is 40.1 Å². The number of H-pyrrole nitrogens is 1. The van der Waals surface area contributed by atoms with Crippen molar-refractivity contribution in [2.75, 3.05) is 13.7 Å². The fraction of sp³-hybridized carbons (Fsp3) is 0.458. The molecule has 0 amide bonds. The predicted molar refractivity (Wildman–Crippen MR) is 131 cm³/mol. The van der Waals surface area contributed by atoms with Crippen LogP contribution in [0.5, 0.6) is 5.75 Å². The zero-order chi connectivity index (χ0) is 23.5. The van der Waals surface area contributed by atoms with Crippen LogP contribution in [0, 0.1) is 0 Å². The van der Waals surface area contributed by atoms with Crippen molar-refractivity contribution in [3.05, 3.63) is 56.1 Å². The van der Waals surface area contributed by atoms with Gasteiger partial charge in [-0.3, -0.25) is 19.4 Å². The molecule has 0 radical (unpaired) electrons. The second kappa shape index (κ2) is 7.92. The van der Waals surface area contributed by atoms with Crippen molar-refractivity contribution >= 4 is 33.5 Å². The van der Waals surface area contributed by atoms with Crippen LogP contribution in [0.15, 0.2) is 38.8 Å². The van der Waals surface area contributed by atoms with E-state index in [9.17, 15) is 9.59 Å². The summed E-state index contributed by atoms with van der Waals surface area (Å²) in [6.07, 6.45) is 1.57. The monoisotopic (exact) mass is 468 g/mol. The first-order valence-corrected chi connectivity index (χ1v) is 11.9. The molecule has 1 saturated heterocycles. The minimum Gasteiger partial charge on any atom is -0.497 e. The third-order valence-corrected chi connectivity index (χ3v) is 7.69. The summed E-state index contributed by atoms with van der Waals surface area (Å²) >= 11 is 1.45. The lowest BCUT2D eigenvalue weighted by atomic mass is 9.94. The van der Waals surface area contributed by atoms with Gasteiger partial charge in [-0.05, 0) is 57.2 Å². The Morgan fingerprint density at radius 1 is 1.27 bits per heavy atom. The molecule has 4 heterocycles. The fourth-order valence-electron chi connectivity index (χ4n) is 4.90. The van der Waals surface area contributed by atoms with Crippen molar-refractivity contribution in [3.8, 4) is 5.75 Å². The summed E-state index contributed by atoms with van der Waals surface area (Å²) in [4.78, 5) is 31.4. The number of pyridine rings is 1. The molecule has 8 nitrogen and oxygen atoms in total. The fourth-order valence-corrected chi connectivity index (χ4v) is 6.00. The number of aromatic amines is 1. The number of ether oxygens (including phenoxy) is 2. The number of aromatic nitrogens is 3. The number of fused-ring (bicyclic) bond motifs is 2. The number of thioether (sulfide) groups is 1. The molecule has 0 spiro atoms. The molecule has 1 aromatic carbocycles. The van der Waals surface area contributed by atoms with Gasteiger partial charge < -0.3 is 14.0 Å². The van der Waals surface area contributed by atoms with Crippen molar-refractivity contribution in [1.82, 2.24) is 14.3 Å². The van der Waals surface area contributed by atoms with Crippen molar-refractivity contribution in [2.45, 2.75) is 50.5 Å². The molecule has 3 aromatic rings. The van der Waals surface area contributed by atoms with E-state index in [0.717, 1.165) is 28.8 Å². The molecular weight excluding hydrogens is 440 g/mol. The number of nitrogens with zero attached hydrogens (tertiary/aromatic N) is 3. The first-order chi connectivity index (χ1) is 15.7. The van der Waals surface area contributed by atoms with Gasteiger partial charge in [0.2, 0.25) is 0 Å². The maximum absolute atomic E-state index is 13.4. The third kappa shape index (κ3) is 3.73. The maximum Gasteiger partial charge on any atom is 0.271 e. The van der Waals surface area contributed by atoms with Gasteiger partial charge in [-0.2, -0.15) is 0 Å². The molecule has 1 N–H and O–H groups in total. The number of benzene rings is 1. The number of hydrogen-bond acceptors (Lipinski definition) is 6. The number of methoxy groups -OCH3 is 1. The Morgan fingerprint density at radius 3 is 2.79 bits per heavy atom. The lowest BCUT2D eigenvalue weighted by Gasteiger charge is -2.36. The summed E-state index contributed by atoms with van der Waals surface area (Å²) in [6, 6.07) is 7.64. The van der Waals surface area contributed by atoms with E-state index in [1.807, 2.05) is 35.9 Å². The van der Waals surface area contributed by atoms with Gasteiger partial charge >= 0.3 is 0 Å². The molecule has 0 aliphatic carbocycles. The van der Waals surface area contributed by atoms with Crippen LogP contribution in [0.1, 0.15) is 56.0 Å². The Morgan fingerprint density at radius 2 is 2.06 bits per heavy atom. The summed E-state index contributed by atoms with van der Waals surface area (Å²) < 4.78 is 14.7. The van der Waals surface area contributed by atoms with E-state index in [1.54, 1.807) is 18.7 Å². The van der Waals surface area contributed by atoms with E-state index in [0.29, 0.717) is 29.3 Å². The largest absolute Gasteiger partial charge is 0.497 e. The molecule has 0 bridgehead atoms. The van der Waals surface area contributed by atoms with Gasteiger partial charge in [0.15, 0.2) is 5.82 Å². The van der Waals surface area contributed by atoms with E-state index in [1.165, 1.54) is 11.8 Å². The van der Waals surface area contributed by atoms with Crippen LogP contribution in [-0.2, 0) is 11.8 Å². The molecule has 174 valence electrons. The van der Waals surface area contributed by atoms with Crippen LogP contribution in [0.4, 0.5) is 5.82 Å². The lowest BCUT2D eigenvalue weighted by Crippen LogP contribution is -2.35. The average Bonchev–Trinajstić information content (AvgIpc) is 3.11. The number of rotatable bonds is 3. The van der Waals surface area contributed by atoms with Crippen LogP contribution >= 0.6 is 11.8 Å². The molecule has 2 aromatic heterocycles. The van der Waals surface area contributed by atoms with E-state index in [2.05, 4.69) is 18.9 Å². The van der Waals surface area contributed by atoms with Crippen molar-refractivity contribution < 1.29 is 9.47 Å². The highest BCUT2D eigenvalue weighted by atomic mass is 32.2. The number of nitrogens with one attached hydrogen (secondary N) is 1. The first kappa shape index (κ1) is 22.0. The second-order valence-corrected chi connectivity index (χ2v) is 10.6. The normalized spacial score (nSPS) is 22.2.